The highest BCUT2D eigenvalue weighted by Crippen LogP contribution is 2.43. The first-order valence-corrected chi connectivity index (χ1v) is 6.43. The van der Waals surface area contributed by atoms with Gasteiger partial charge in [-0.3, -0.25) is 4.79 Å². The van der Waals surface area contributed by atoms with Crippen molar-refractivity contribution in [1.29, 1.82) is 0 Å². The van der Waals surface area contributed by atoms with Crippen LogP contribution in [0.5, 0.6) is 0 Å². The van der Waals surface area contributed by atoms with Crippen molar-refractivity contribution >= 4 is 5.97 Å². The van der Waals surface area contributed by atoms with Gasteiger partial charge in [0.1, 0.15) is 5.82 Å². The molecule has 0 heterocycles. The maximum absolute atomic E-state index is 13.4. The zero-order valence-electron chi connectivity index (χ0n) is 10.9. The first-order valence-electron chi connectivity index (χ1n) is 6.43. The van der Waals surface area contributed by atoms with Crippen molar-refractivity contribution < 1.29 is 13.9 Å². The van der Waals surface area contributed by atoms with Crippen LogP contribution in [0, 0.1) is 11.7 Å². The lowest BCUT2D eigenvalue weighted by molar-refractivity contribution is -0.149. The Bertz CT molecular complexity index is 438. The summed E-state index contributed by atoms with van der Waals surface area (Å²) in [6.07, 6.45) is 4.27. The molecule has 0 spiro atoms. The van der Waals surface area contributed by atoms with Crippen LogP contribution in [-0.4, -0.2) is 13.1 Å². The largest absolute Gasteiger partial charge is 0.468 e. The van der Waals surface area contributed by atoms with E-state index in [0.29, 0.717) is 0 Å². The Morgan fingerprint density at radius 1 is 1.39 bits per heavy atom. The van der Waals surface area contributed by atoms with Crippen LogP contribution in [0.15, 0.2) is 24.3 Å². The van der Waals surface area contributed by atoms with Crippen molar-refractivity contribution in [3.05, 3.63) is 35.6 Å². The van der Waals surface area contributed by atoms with Crippen LogP contribution in [0.1, 0.15) is 38.2 Å². The normalized spacial score (nSPS) is 19.5. The molecule has 1 aromatic carbocycles. The minimum absolute atomic E-state index is 0.242. The third kappa shape index (κ3) is 2.14. The van der Waals surface area contributed by atoms with Gasteiger partial charge in [-0.15, -0.1) is 0 Å². The summed E-state index contributed by atoms with van der Waals surface area (Å²) in [4.78, 5) is 12.2. The van der Waals surface area contributed by atoms with E-state index in [2.05, 4.69) is 0 Å². The van der Waals surface area contributed by atoms with Crippen LogP contribution in [0.4, 0.5) is 4.39 Å². The summed E-state index contributed by atoms with van der Waals surface area (Å²) in [5.74, 6) is -0.327. The summed E-state index contributed by atoms with van der Waals surface area (Å²) in [6.45, 7) is 1.88. The number of benzene rings is 1. The minimum Gasteiger partial charge on any atom is -0.468 e. The summed E-state index contributed by atoms with van der Waals surface area (Å²) in [7, 11) is 1.40. The zero-order valence-corrected chi connectivity index (χ0v) is 10.9. The minimum atomic E-state index is -0.729. The van der Waals surface area contributed by atoms with Crippen LogP contribution < -0.4 is 0 Å². The average molecular weight is 250 g/mol. The van der Waals surface area contributed by atoms with Gasteiger partial charge in [-0.25, -0.2) is 4.39 Å². The van der Waals surface area contributed by atoms with Crippen molar-refractivity contribution in [3.8, 4) is 0 Å². The van der Waals surface area contributed by atoms with E-state index in [4.69, 9.17) is 4.74 Å². The van der Waals surface area contributed by atoms with Crippen LogP contribution >= 0.6 is 0 Å². The van der Waals surface area contributed by atoms with Gasteiger partial charge in [0.15, 0.2) is 0 Å². The number of ether oxygens (including phenoxy) is 1. The fourth-order valence-corrected chi connectivity index (χ4v) is 3.05. The van der Waals surface area contributed by atoms with Crippen LogP contribution in [0.25, 0.3) is 0 Å². The number of hydrogen-bond acceptors (Lipinski definition) is 2. The highest BCUT2D eigenvalue weighted by Gasteiger charge is 2.44. The van der Waals surface area contributed by atoms with Gasteiger partial charge in [-0.1, -0.05) is 25.0 Å². The molecule has 2 nitrogen and oxygen atoms in total. The number of esters is 1. The fourth-order valence-electron chi connectivity index (χ4n) is 3.05. The first kappa shape index (κ1) is 13.1. The summed E-state index contributed by atoms with van der Waals surface area (Å²) in [5.41, 5.74) is -0.00544. The lowest BCUT2D eigenvalue weighted by atomic mass is 9.71. The van der Waals surface area contributed by atoms with Crippen molar-refractivity contribution in [2.24, 2.45) is 5.92 Å². The topological polar surface area (TPSA) is 26.3 Å². The highest BCUT2D eigenvalue weighted by molar-refractivity contribution is 5.83. The molecule has 1 aliphatic carbocycles. The predicted molar refractivity (Wildman–Crippen MR) is 67.7 cm³/mol. The third-order valence-corrected chi connectivity index (χ3v) is 4.21. The third-order valence-electron chi connectivity index (χ3n) is 4.21. The van der Waals surface area contributed by atoms with Crippen LogP contribution in [-0.2, 0) is 14.9 Å². The Balaban J connectivity index is 2.44. The molecular formula is C15H19FO2. The molecule has 0 aliphatic heterocycles. The van der Waals surface area contributed by atoms with Crippen LogP contribution in [0.3, 0.4) is 0 Å². The first-order chi connectivity index (χ1) is 8.59. The molecule has 0 bridgehead atoms. The quantitative estimate of drug-likeness (QED) is 0.768. The number of methoxy groups -OCH3 is 1. The van der Waals surface area contributed by atoms with Gasteiger partial charge in [0.05, 0.1) is 12.5 Å². The molecule has 1 aromatic rings. The summed E-state index contributed by atoms with van der Waals surface area (Å²) < 4.78 is 18.4. The van der Waals surface area contributed by atoms with E-state index in [9.17, 15) is 9.18 Å². The molecule has 18 heavy (non-hydrogen) atoms. The second kappa shape index (κ2) is 5.09. The molecular weight excluding hydrogens is 231 g/mol. The van der Waals surface area contributed by atoms with Crippen molar-refractivity contribution in [1.82, 2.24) is 0 Å². The molecule has 0 aromatic heterocycles. The molecule has 1 fully saturated rings. The molecule has 2 rings (SSSR count). The molecule has 0 saturated heterocycles. The second-order valence-electron chi connectivity index (χ2n) is 5.19. The van der Waals surface area contributed by atoms with Crippen molar-refractivity contribution in [2.75, 3.05) is 7.11 Å². The molecule has 0 amide bonds. The van der Waals surface area contributed by atoms with E-state index in [-0.39, 0.29) is 17.7 Å². The standard InChI is InChI=1S/C15H19FO2/c1-15(14(17)18-2,11-6-3-4-7-11)12-8-5-9-13(16)10-12/h5,8-11H,3-4,6-7H2,1-2H3. The van der Waals surface area contributed by atoms with Gasteiger partial charge in [0, 0.05) is 0 Å². The lowest BCUT2D eigenvalue weighted by Crippen LogP contribution is -2.40. The Hall–Kier alpha value is -1.38. The Morgan fingerprint density at radius 2 is 2.06 bits per heavy atom. The number of hydrogen-bond donors (Lipinski definition) is 0. The summed E-state index contributed by atoms with van der Waals surface area (Å²) in [5, 5.41) is 0. The van der Waals surface area contributed by atoms with Gasteiger partial charge in [0.2, 0.25) is 0 Å². The Kier molecular flexibility index (Phi) is 3.69. The van der Waals surface area contributed by atoms with Gasteiger partial charge < -0.3 is 4.74 Å². The lowest BCUT2D eigenvalue weighted by Gasteiger charge is -2.33. The Labute approximate surface area is 107 Å². The molecule has 1 aliphatic rings. The number of halogens is 1. The molecule has 0 N–H and O–H groups in total. The van der Waals surface area contributed by atoms with E-state index in [1.807, 2.05) is 13.0 Å². The molecule has 1 atom stereocenters. The predicted octanol–water partition coefficient (Wildman–Crippen LogP) is 3.45. The number of carbonyl (C=O) groups is 1. The van der Waals surface area contributed by atoms with Gasteiger partial charge >= 0.3 is 5.97 Å². The summed E-state index contributed by atoms with van der Waals surface area (Å²) in [6, 6.07) is 6.32. The van der Waals surface area contributed by atoms with E-state index < -0.39 is 5.41 Å². The fraction of sp³-hybridized carbons (Fsp3) is 0.533. The molecule has 0 radical (unpaired) electrons. The monoisotopic (exact) mass is 250 g/mol. The summed E-state index contributed by atoms with van der Waals surface area (Å²) >= 11 is 0. The molecule has 98 valence electrons. The van der Waals surface area contributed by atoms with E-state index in [0.717, 1.165) is 31.2 Å². The molecule has 1 unspecified atom stereocenters. The average Bonchev–Trinajstić information content (AvgIpc) is 2.91. The van der Waals surface area contributed by atoms with Gasteiger partial charge in [-0.2, -0.15) is 0 Å². The van der Waals surface area contributed by atoms with Crippen molar-refractivity contribution in [3.63, 3.8) is 0 Å². The maximum Gasteiger partial charge on any atom is 0.316 e. The number of carbonyl (C=O) groups excluding carboxylic acids is 1. The van der Waals surface area contributed by atoms with E-state index in [1.165, 1.54) is 19.2 Å². The van der Waals surface area contributed by atoms with E-state index in [1.54, 1.807) is 6.07 Å². The van der Waals surface area contributed by atoms with Crippen molar-refractivity contribution in [2.45, 2.75) is 38.0 Å². The van der Waals surface area contributed by atoms with E-state index >= 15 is 0 Å². The molecule has 3 heteroatoms. The molecule has 1 saturated carbocycles. The second-order valence-corrected chi connectivity index (χ2v) is 5.19. The zero-order chi connectivity index (χ0) is 13.2. The maximum atomic E-state index is 13.4. The smallest absolute Gasteiger partial charge is 0.316 e. The van der Waals surface area contributed by atoms with Gasteiger partial charge in [0.25, 0.3) is 0 Å². The highest BCUT2D eigenvalue weighted by atomic mass is 19.1. The Morgan fingerprint density at radius 3 is 2.61 bits per heavy atom. The number of rotatable bonds is 3. The SMILES string of the molecule is COC(=O)C(C)(c1cccc(F)c1)C1CCCC1. The van der Waals surface area contributed by atoms with Gasteiger partial charge in [-0.05, 0) is 43.4 Å². The van der Waals surface area contributed by atoms with Crippen LogP contribution in [0.2, 0.25) is 0 Å².